The molecule has 1 saturated heterocycles. The Kier molecular flexibility index (Phi) is 6.10. The van der Waals surface area contributed by atoms with Gasteiger partial charge in [0.25, 0.3) is 5.91 Å². The van der Waals surface area contributed by atoms with Crippen LogP contribution in [-0.2, 0) is 23.6 Å². The molecule has 7 nitrogen and oxygen atoms in total. The van der Waals surface area contributed by atoms with Crippen molar-refractivity contribution in [1.29, 1.82) is 0 Å². The lowest BCUT2D eigenvalue weighted by Gasteiger charge is -2.25. The Balaban J connectivity index is 1.81. The number of sulfonamides is 1. The van der Waals surface area contributed by atoms with Crippen LogP contribution in [0.3, 0.4) is 0 Å². The fourth-order valence-corrected chi connectivity index (χ4v) is 5.30. The average Bonchev–Trinajstić information content (AvgIpc) is 3.02. The molecule has 0 bridgehead atoms. The van der Waals surface area contributed by atoms with Crippen LogP contribution in [0.15, 0.2) is 35.2 Å². The third kappa shape index (κ3) is 3.93. The summed E-state index contributed by atoms with van der Waals surface area (Å²) in [5.74, 6) is 0.371. The van der Waals surface area contributed by atoms with Crippen LogP contribution in [0, 0.1) is 6.92 Å². The van der Waals surface area contributed by atoms with Gasteiger partial charge >= 0.3 is 0 Å². The third-order valence-corrected chi connectivity index (χ3v) is 7.30. The van der Waals surface area contributed by atoms with E-state index in [4.69, 9.17) is 4.74 Å². The lowest BCUT2D eigenvalue weighted by atomic mass is 10.2. The number of para-hydroxylation sites is 1. The van der Waals surface area contributed by atoms with Gasteiger partial charge in [0.05, 0.1) is 7.11 Å². The Labute approximate surface area is 166 Å². The number of carbonyl (C=O) groups excluding carboxylic acids is 1. The van der Waals surface area contributed by atoms with Crippen LogP contribution < -0.4 is 10.1 Å². The highest BCUT2D eigenvalue weighted by Crippen LogP contribution is 2.26. The van der Waals surface area contributed by atoms with Crippen LogP contribution in [-0.4, -0.2) is 43.4 Å². The van der Waals surface area contributed by atoms with Crippen molar-refractivity contribution in [2.24, 2.45) is 7.05 Å². The lowest BCUT2D eigenvalue weighted by Crippen LogP contribution is -2.35. The van der Waals surface area contributed by atoms with Gasteiger partial charge in [-0.3, -0.25) is 4.79 Å². The molecule has 0 saturated carbocycles. The Morgan fingerprint density at radius 1 is 1.18 bits per heavy atom. The third-order valence-electron chi connectivity index (χ3n) is 5.29. The predicted octanol–water partition coefficient (Wildman–Crippen LogP) is 2.45. The van der Waals surface area contributed by atoms with Gasteiger partial charge in [0.1, 0.15) is 16.3 Å². The molecule has 28 heavy (non-hydrogen) atoms. The first-order valence-electron chi connectivity index (χ1n) is 9.43. The molecule has 2 heterocycles. The van der Waals surface area contributed by atoms with Crippen molar-refractivity contribution in [2.75, 3.05) is 20.2 Å². The van der Waals surface area contributed by atoms with Gasteiger partial charge in [-0.2, -0.15) is 4.31 Å². The molecule has 8 heteroatoms. The lowest BCUT2D eigenvalue weighted by molar-refractivity contribution is 0.0942. The maximum absolute atomic E-state index is 13.0. The van der Waals surface area contributed by atoms with Gasteiger partial charge in [-0.05, 0) is 31.9 Å². The molecule has 1 aromatic heterocycles. The Morgan fingerprint density at radius 3 is 2.54 bits per heavy atom. The number of nitrogens with one attached hydrogen (secondary N) is 1. The van der Waals surface area contributed by atoms with E-state index < -0.39 is 10.0 Å². The number of benzene rings is 1. The summed E-state index contributed by atoms with van der Waals surface area (Å²) in [6, 6.07) is 8.93. The van der Waals surface area contributed by atoms with Crippen molar-refractivity contribution in [2.45, 2.75) is 37.6 Å². The van der Waals surface area contributed by atoms with Crippen molar-refractivity contribution in [1.82, 2.24) is 14.2 Å². The topological polar surface area (TPSA) is 80.6 Å². The van der Waals surface area contributed by atoms with Gasteiger partial charge in [-0.25, -0.2) is 8.42 Å². The summed E-state index contributed by atoms with van der Waals surface area (Å²) in [5.41, 5.74) is 1.74. The first-order chi connectivity index (χ1) is 13.4. The van der Waals surface area contributed by atoms with Gasteiger partial charge < -0.3 is 14.6 Å². The van der Waals surface area contributed by atoms with E-state index in [0.717, 1.165) is 24.8 Å². The van der Waals surface area contributed by atoms with Crippen LogP contribution in [0.1, 0.15) is 41.0 Å². The summed E-state index contributed by atoms with van der Waals surface area (Å²) in [5, 5.41) is 2.85. The molecular weight excluding hydrogens is 378 g/mol. The van der Waals surface area contributed by atoms with Crippen molar-refractivity contribution in [3.63, 3.8) is 0 Å². The maximum Gasteiger partial charge on any atom is 0.268 e. The SMILES string of the molecule is COc1ccccc1CNC(=O)c1cc(S(=O)(=O)N2CCCCC2)c(C)n1C. The Hall–Kier alpha value is -2.32. The molecule has 1 aromatic carbocycles. The van der Waals surface area contributed by atoms with E-state index in [-0.39, 0.29) is 10.8 Å². The Bertz CT molecular complexity index is 960. The van der Waals surface area contributed by atoms with Crippen molar-refractivity contribution < 1.29 is 17.9 Å². The molecule has 0 atom stereocenters. The van der Waals surface area contributed by atoms with Gasteiger partial charge in [0.2, 0.25) is 10.0 Å². The van der Waals surface area contributed by atoms with E-state index in [2.05, 4.69) is 5.32 Å². The normalized spacial score (nSPS) is 15.4. The molecule has 1 amide bonds. The van der Waals surface area contributed by atoms with Gasteiger partial charge in [-0.1, -0.05) is 24.6 Å². The van der Waals surface area contributed by atoms with E-state index in [0.29, 0.717) is 36.8 Å². The quantitative estimate of drug-likeness (QED) is 0.801. The van der Waals surface area contributed by atoms with E-state index in [1.165, 1.54) is 10.4 Å². The number of ether oxygens (including phenoxy) is 1. The average molecular weight is 406 g/mol. The molecule has 2 aromatic rings. The second-order valence-corrected chi connectivity index (χ2v) is 8.90. The fourth-order valence-electron chi connectivity index (χ4n) is 3.51. The summed E-state index contributed by atoms with van der Waals surface area (Å²) in [7, 11) is -0.300. The molecular formula is C20H27N3O4S. The smallest absolute Gasteiger partial charge is 0.268 e. The standard InChI is InChI=1S/C20H27N3O4S/c1-15-19(28(25,26)23-11-7-4-8-12-23)13-17(22(15)2)20(24)21-14-16-9-5-6-10-18(16)27-3/h5-6,9-10,13H,4,7-8,11-12,14H2,1-3H3,(H,21,24). The molecule has 1 N–H and O–H groups in total. The van der Waals surface area contributed by atoms with Gasteiger partial charge in [-0.15, -0.1) is 0 Å². The first-order valence-corrected chi connectivity index (χ1v) is 10.9. The minimum atomic E-state index is -3.59. The predicted molar refractivity (Wildman–Crippen MR) is 107 cm³/mol. The number of rotatable bonds is 6. The number of hydrogen-bond acceptors (Lipinski definition) is 4. The number of nitrogens with zero attached hydrogens (tertiary/aromatic N) is 2. The monoisotopic (exact) mass is 405 g/mol. The van der Waals surface area contributed by atoms with E-state index in [1.54, 1.807) is 25.6 Å². The molecule has 0 aliphatic carbocycles. The molecule has 3 rings (SSSR count). The molecule has 0 spiro atoms. The summed E-state index contributed by atoms with van der Waals surface area (Å²) in [6.07, 6.45) is 2.80. The fraction of sp³-hybridized carbons (Fsp3) is 0.450. The van der Waals surface area contributed by atoms with Crippen LogP contribution in [0.5, 0.6) is 5.75 Å². The minimum absolute atomic E-state index is 0.208. The van der Waals surface area contributed by atoms with Crippen molar-refractivity contribution in [3.8, 4) is 5.75 Å². The number of carbonyl (C=O) groups is 1. The highest BCUT2D eigenvalue weighted by Gasteiger charge is 2.30. The molecule has 1 aliphatic rings. The van der Waals surface area contributed by atoms with Crippen LogP contribution in [0.4, 0.5) is 0 Å². The van der Waals surface area contributed by atoms with E-state index >= 15 is 0 Å². The van der Waals surface area contributed by atoms with E-state index in [1.807, 2.05) is 24.3 Å². The molecule has 1 aliphatic heterocycles. The summed E-state index contributed by atoms with van der Waals surface area (Å²) >= 11 is 0. The number of piperidine rings is 1. The van der Waals surface area contributed by atoms with Crippen LogP contribution in [0.2, 0.25) is 0 Å². The zero-order chi connectivity index (χ0) is 20.3. The summed E-state index contributed by atoms with van der Waals surface area (Å²) < 4.78 is 34.5. The Morgan fingerprint density at radius 2 is 1.86 bits per heavy atom. The van der Waals surface area contributed by atoms with Crippen LogP contribution in [0.25, 0.3) is 0 Å². The molecule has 1 fully saturated rings. The minimum Gasteiger partial charge on any atom is -0.496 e. The zero-order valence-corrected chi connectivity index (χ0v) is 17.4. The highest BCUT2D eigenvalue weighted by molar-refractivity contribution is 7.89. The van der Waals surface area contributed by atoms with Gasteiger partial charge in [0.15, 0.2) is 0 Å². The number of aromatic nitrogens is 1. The largest absolute Gasteiger partial charge is 0.496 e. The van der Waals surface area contributed by atoms with Crippen molar-refractivity contribution >= 4 is 15.9 Å². The number of amides is 1. The summed E-state index contributed by atoms with van der Waals surface area (Å²) in [6.45, 7) is 3.09. The second kappa shape index (κ2) is 8.36. The molecule has 152 valence electrons. The highest BCUT2D eigenvalue weighted by atomic mass is 32.2. The van der Waals surface area contributed by atoms with Gasteiger partial charge in [0, 0.05) is 37.9 Å². The van der Waals surface area contributed by atoms with Crippen molar-refractivity contribution in [3.05, 3.63) is 47.3 Å². The molecule has 0 radical (unpaired) electrons. The number of methoxy groups -OCH3 is 1. The molecule has 0 unspecified atom stereocenters. The van der Waals surface area contributed by atoms with Crippen LogP contribution >= 0.6 is 0 Å². The maximum atomic E-state index is 13.0. The second-order valence-electron chi connectivity index (χ2n) is 7.00. The zero-order valence-electron chi connectivity index (χ0n) is 16.6. The summed E-state index contributed by atoms with van der Waals surface area (Å²) in [4.78, 5) is 12.9. The van der Waals surface area contributed by atoms with E-state index in [9.17, 15) is 13.2 Å². The number of hydrogen-bond donors (Lipinski definition) is 1. The first kappa shape index (κ1) is 20.4.